The number of hydrogen-bond donors (Lipinski definition) is 4. The van der Waals surface area contributed by atoms with E-state index in [1.807, 2.05) is 0 Å². The van der Waals surface area contributed by atoms with E-state index in [1.165, 1.54) is 0 Å². The van der Waals surface area contributed by atoms with E-state index >= 15 is 0 Å². The van der Waals surface area contributed by atoms with Gasteiger partial charge in [0.25, 0.3) is 0 Å². The molecule has 0 radical (unpaired) electrons. The van der Waals surface area contributed by atoms with Crippen molar-refractivity contribution in [2.75, 3.05) is 13.2 Å². The molecule has 0 spiro atoms. The van der Waals surface area contributed by atoms with Gasteiger partial charge in [0.15, 0.2) is 0 Å². The van der Waals surface area contributed by atoms with Crippen molar-refractivity contribution in [2.24, 2.45) is 0 Å². The molecular weight excluding hydrogens is 203 g/mol. The van der Waals surface area contributed by atoms with Crippen molar-refractivity contribution in [3.05, 3.63) is 0 Å². The van der Waals surface area contributed by atoms with Crippen molar-refractivity contribution in [1.82, 2.24) is 0 Å². The van der Waals surface area contributed by atoms with Gasteiger partial charge in [-0.15, -0.1) is 0 Å². The maximum Gasteiger partial charge on any atom is 0.329 e. The topological polar surface area (TPSA) is 115 Å². The van der Waals surface area contributed by atoms with Crippen molar-refractivity contribution >= 4 is 11.9 Å². The SMILES string of the molecule is O=C(O)CO.O=C(O)CO.[Ni]. The van der Waals surface area contributed by atoms with Crippen molar-refractivity contribution < 1.29 is 46.5 Å². The molecule has 0 aromatic heterocycles. The number of carboxylic acid groups (broad SMARTS) is 2. The van der Waals surface area contributed by atoms with Crippen LogP contribution in [-0.2, 0) is 26.1 Å². The minimum atomic E-state index is -1.19. The smallest absolute Gasteiger partial charge is 0.329 e. The van der Waals surface area contributed by atoms with E-state index < -0.39 is 25.2 Å². The van der Waals surface area contributed by atoms with Gasteiger partial charge in [-0.2, -0.15) is 0 Å². The van der Waals surface area contributed by atoms with Gasteiger partial charge in [-0.05, 0) is 0 Å². The molecule has 11 heavy (non-hydrogen) atoms. The number of carboxylic acids is 2. The van der Waals surface area contributed by atoms with Gasteiger partial charge < -0.3 is 20.4 Å². The molecule has 0 bridgehead atoms. The summed E-state index contributed by atoms with van der Waals surface area (Å²) in [7, 11) is 0. The Morgan fingerprint density at radius 1 is 0.909 bits per heavy atom. The quantitative estimate of drug-likeness (QED) is 0.397. The summed E-state index contributed by atoms with van der Waals surface area (Å²) in [5.74, 6) is -2.38. The van der Waals surface area contributed by atoms with Crippen molar-refractivity contribution in [1.29, 1.82) is 0 Å². The molecule has 7 heteroatoms. The molecule has 0 aliphatic carbocycles. The zero-order valence-corrected chi connectivity index (χ0v) is 6.32. The third-order valence-corrected chi connectivity index (χ3v) is 0.271. The van der Waals surface area contributed by atoms with Crippen molar-refractivity contribution in [3.63, 3.8) is 0 Å². The van der Waals surface area contributed by atoms with E-state index in [-0.39, 0.29) is 16.5 Å². The van der Waals surface area contributed by atoms with Crippen LogP contribution in [0.5, 0.6) is 0 Å². The second kappa shape index (κ2) is 12.1. The summed E-state index contributed by atoms with van der Waals surface area (Å²) in [6.07, 6.45) is 0. The standard InChI is InChI=1S/2C2H4O3.Ni/c2*3-1-2(4)5;/h2*3H,1H2,(H,4,5);. The third kappa shape index (κ3) is 45.0. The fourth-order valence-corrected chi connectivity index (χ4v) is 0. The number of aliphatic carboxylic acids is 2. The molecule has 0 fully saturated rings. The molecule has 0 aromatic rings. The summed E-state index contributed by atoms with van der Waals surface area (Å²) in [6, 6.07) is 0. The Morgan fingerprint density at radius 2 is 1.00 bits per heavy atom. The summed E-state index contributed by atoms with van der Waals surface area (Å²) >= 11 is 0. The first-order chi connectivity index (χ1) is 4.54. The van der Waals surface area contributed by atoms with Crippen LogP contribution in [0.3, 0.4) is 0 Å². The number of carbonyl (C=O) groups is 2. The molecule has 0 saturated heterocycles. The molecule has 4 N–H and O–H groups in total. The first-order valence-electron chi connectivity index (χ1n) is 2.20. The molecule has 0 atom stereocenters. The van der Waals surface area contributed by atoms with Gasteiger partial charge in [0.05, 0.1) is 0 Å². The Bertz CT molecular complexity index is 99.1. The zero-order chi connectivity index (χ0) is 8.57. The van der Waals surface area contributed by atoms with Gasteiger partial charge in [-0.25, -0.2) is 9.59 Å². The largest absolute Gasteiger partial charge is 0.480 e. The predicted molar refractivity (Wildman–Crippen MR) is 29.4 cm³/mol. The van der Waals surface area contributed by atoms with E-state index in [4.69, 9.17) is 30.0 Å². The molecule has 70 valence electrons. The molecule has 0 saturated carbocycles. The Morgan fingerprint density at radius 3 is 1.00 bits per heavy atom. The summed E-state index contributed by atoms with van der Waals surface area (Å²) < 4.78 is 0. The number of rotatable bonds is 2. The van der Waals surface area contributed by atoms with Gasteiger partial charge >= 0.3 is 11.9 Å². The average Bonchev–Trinajstić information content (AvgIpc) is 1.89. The van der Waals surface area contributed by atoms with Crippen LogP contribution in [0.15, 0.2) is 0 Å². The van der Waals surface area contributed by atoms with Crippen LogP contribution < -0.4 is 0 Å². The van der Waals surface area contributed by atoms with Crippen LogP contribution in [-0.4, -0.2) is 45.6 Å². The van der Waals surface area contributed by atoms with Crippen molar-refractivity contribution in [2.45, 2.75) is 0 Å². The van der Waals surface area contributed by atoms with E-state index in [2.05, 4.69) is 0 Å². The van der Waals surface area contributed by atoms with Crippen LogP contribution in [0.25, 0.3) is 0 Å². The number of aliphatic hydroxyl groups excluding tert-OH is 2. The second-order valence-electron chi connectivity index (χ2n) is 1.10. The Hall–Kier alpha value is -0.646. The van der Waals surface area contributed by atoms with Gasteiger partial charge in [-0.1, -0.05) is 0 Å². The van der Waals surface area contributed by atoms with E-state index in [1.54, 1.807) is 0 Å². The van der Waals surface area contributed by atoms with Crippen molar-refractivity contribution in [3.8, 4) is 0 Å². The van der Waals surface area contributed by atoms with Gasteiger partial charge in [0.1, 0.15) is 13.2 Å². The average molecular weight is 211 g/mol. The monoisotopic (exact) mass is 210 g/mol. The fourth-order valence-electron chi connectivity index (χ4n) is 0. The summed E-state index contributed by atoms with van der Waals surface area (Å²) in [5.41, 5.74) is 0. The molecular formula is C4H8NiO6. The Kier molecular flexibility index (Phi) is 18.4. The van der Waals surface area contributed by atoms with E-state index in [0.29, 0.717) is 0 Å². The maximum absolute atomic E-state index is 9.12. The molecule has 0 unspecified atom stereocenters. The summed E-state index contributed by atoms with van der Waals surface area (Å²) in [5, 5.41) is 30.0. The van der Waals surface area contributed by atoms with Crippen LogP contribution >= 0.6 is 0 Å². The summed E-state index contributed by atoms with van der Waals surface area (Å²) in [6.45, 7) is -1.56. The first kappa shape index (κ1) is 16.8. The van der Waals surface area contributed by atoms with Gasteiger partial charge in [-0.3, -0.25) is 0 Å². The van der Waals surface area contributed by atoms with Crippen LogP contribution in [0, 0.1) is 0 Å². The van der Waals surface area contributed by atoms with Gasteiger partial charge in [0, 0.05) is 16.5 Å². The minimum absolute atomic E-state index is 0. The summed E-state index contributed by atoms with van der Waals surface area (Å²) in [4.78, 5) is 18.2. The van der Waals surface area contributed by atoms with Crippen LogP contribution in [0.2, 0.25) is 0 Å². The number of hydrogen-bond acceptors (Lipinski definition) is 4. The Balaban J connectivity index is -0.000000107. The maximum atomic E-state index is 9.12. The minimum Gasteiger partial charge on any atom is -0.480 e. The molecule has 0 aliphatic heterocycles. The second-order valence-corrected chi connectivity index (χ2v) is 1.10. The Labute approximate surface area is 72.4 Å². The number of aliphatic hydroxyl groups is 2. The molecule has 6 nitrogen and oxygen atoms in total. The fraction of sp³-hybridized carbons (Fsp3) is 0.500. The first-order valence-corrected chi connectivity index (χ1v) is 2.20. The van der Waals surface area contributed by atoms with Crippen LogP contribution in [0.4, 0.5) is 0 Å². The molecule has 0 aliphatic rings. The molecule has 0 amide bonds. The molecule has 0 aromatic carbocycles. The van der Waals surface area contributed by atoms with E-state index in [0.717, 1.165) is 0 Å². The van der Waals surface area contributed by atoms with Crippen LogP contribution in [0.1, 0.15) is 0 Å². The molecule has 0 rings (SSSR count). The predicted octanol–water partition coefficient (Wildman–Crippen LogP) is -1.88. The normalized spacial score (nSPS) is 6.73. The third-order valence-electron chi connectivity index (χ3n) is 0.271. The molecule has 0 heterocycles. The van der Waals surface area contributed by atoms with E-state index in [9.17, 15) is 0 Å². The van der Waals surface area contributed by atoms with Gasteiger partial charge in [0.2, 0.25) is 0 Å². The zero-order valence-electron chi connectivity index (χ0n) is 5.34.